The van der Waals surface area contributed by atoms with E-state index in [0.29, 0.717) is 22.7 Å². The molecular weight excluding hydrogens is 446 g/mol. The van der Waals surface area contributed by atoms with E-state index in [9.17, 15) is 14.4 Å². The van der Waals surface area contributed by atoms with Crippen molar-refractivity contribution in [3.63, 3.8) is 0 Å². The summed E-state index contributed by atoms with van der Waals surface area (Å²) in [5, 5.41) is 0. The molecule has 3 amide bonds. The fraction of sp³-hybridized carbons (Fsp3) is 0.304. The van der Waals surface area contributed by atoms with E-state index in [0.717, 1.165) is 28.3 Å². The van der Waals surface area contributed by atoms with Crippen LogP contribution in [0.15, 0.2) is 47.5 Å². The van der Waals surface area contributed by atoms with Crippen molar-refractivity contribution in [2.24, 2.45) is 4.99 Å². The van der Waals surface area contributed by atoms with Crippen molar-refractivity contribution in [3.8, 4) is 5.75 Å². The molecule has 2 heterocycles. The number of thioether (sulfide) groups is 1. The van der Waals surface area contributed by atoms with Crippen molar-refractivity contribution in [1.82, 2.24) is 4.57 Å². The standard InChI is InChI=1S/C23H23N3O4S2/c1-3-30-17-8-9-18-19(14-17)32-23(25(18)12-13-31-2)24-22(29)15-4-6-16(7-5-15)26-20(27)10-11-21(26)28/h4-9,14H,3,10-13H2,1-2H3. The molecule has 1 saturated heterocycles. The van der Waals surface area contributed by atoms with E-state index in [1.807, 2.05) is 31.4 Å². The van der Waals surface area contributed by atoms with Crippen LogP contribution in [0.2, 0.25) is 0 Å². The molecule has 1 aromatic heterocycles. The first kappa shape index (κ1) is 22.3. The molecule has 1 aliphatic rings. The number of thiazole rings is 1. The van der Waals surface area contributed by atoms with Gasteiger partial charge in [0.15, 0.2) is 4.80 Å². The molecule has 1 fully saturated rings. The third-order valence-corrected chi connectivity index (χ3v) is 6.74. The number of rotatable bonds is 7. The maximum Gasteiger partial charge on any atom is 0.279 e. The number of fused-ring (bicyclic) bond motifs is 1. The van der Waals surface area contributed by atoms with Gasteiger partial charge < -0.3 is 9.30 Å². The second kappa shape index (κ2) is 9.70. The van der Waals surface area contributed by atoms with Crippen LogP contribution in [0.1, 0.15) is 30.1 Å². The first-order chi connectivity index (χ1) is 15.5. The zero-order chi connectivity index (χ0) is 22.7. The average molecular weight is 470 g/mol. The van der Waals surface area contributed by atoms with Crippen molar-refractivity contribution in [1.29, 1.82) is 0 Å². The molecule has 166 valence electrons. The van der Waals surface area contributed by atoms with Gasteiger partial charge >= 0.3 is 0 Å². The predicted molar refractivity (Wildman–Crippen MR) is 127 cm³/mol. The highest BCUT2D eigenvalue weighted by Gasteiger charge is 2.30. The molecule has 0 unspecified atom stereocenters. The number of imide groups is 1. The highest BCUT2D eigenvalue weighted by molar-refractivity contribution is 7.98. The predicted octanol–water partition coefficient (Wildman–Crippen LogP) is 3.86. The topological polar surface area (TPSA) is 81.0 Å². The number of carbonyl (C=O) groups is 3. The maximum absolute atomic E-state index is 12.9. The van der Waals surface area contributed by atoms with Gasteiger partial charge in [-0.05, 0) is 55.6 Å². The zero-order valence-electron chi connectivity index (χ0n) is 17.9. The number of hydrogen-bond acceptors (Lipinski definition) is 6. The number of carbonyl (C=O) groups excluding carboxylic acids is 3. The lowest BCUT2D eigenvalue weighted by atomic mass is 10.2. The van der Waals surface area contributed by atoms with Crippen LogP contribution in [0.4, 0.5) is 5.69 Å². The lowest BCUT2D eigenvalue weighted by Gasteiger charge is -2.13. The van der Waals surface area contributed by atoms with Gasteiger partial charge in [-0.15, -0.1) is 0 Å². The summed E-state index contributed by atoms with van der Waals surface area (Å²) in [5.74, 6) is 0.881. The van der Waals surface area contributed by atoms with Crippen molar-refractivity contribution in [3.05, 3.63) is 52.8 Å². The van der Waals surface area contributed by atoms with E-state index in [1.54, 1.807) is 36.0 Å². The number of ether oxygens (including phenoxy) is 1. The Bertz CT molecular complexity index is 1230. The van der Waals surface area contributed by atoms with Gasteiger partial charge in [-0.1, -0.05) is 11.3 Å². The molecule has 4 rings (SSSR count). The summed E-state index contributed by atoms with van der Waals surface area (Å²) < 4.78 is 8.67. The molecule has 1 aliphatic heterocycles. The van der Waals surface area contributed by atoms with E-state index in [4.69, 9.17) is 4.74 Å². The highest BCUT2D eigenvalue weighted by atomic mass is 32.2. The van der Waals surface area contributed by atoms with Crippen molar-refractivity contribution in [2.45, 2.75) is 26.3 Å². The van der Waals surface area contributed by atoms with Crippen LogP contribution in [0.25, 0.3) is 10.2 Å². The Kier molecular flexibility index (Phi) is 6.76. The van der Waals surface area contributed by atoms with E-state index in [2.05, 4.69) is 9.56 Å². The van der Waals surface area contributed by atoms with E-state index in [1.165, 1.54) is 16.2 Å². The first-order valence-electron chi connectivity index (χ1n) is 10.3. The minimum atomic E-state index is -0.370. The molecule has 0 atom stereocenters. The molecule has 0 spiro atoms. The molecule has 0 N–H and O–H groups in total. The van der Waals surface area contributed by atoms with Crippen LogP contribution in [-0.2, 0) is 16.1 Å². The number of aryl methyl sites for hydroxylation is 1. The van der Waals surface area contributed by atoms with Gasteiger partial charge in [0, 0.05) is 30.7 Å². The van der Waals surface area contributed by atoms with Gasteiger partial charge in [0.25, 0.3) is 5.91 Å². The summed E-state index contributed by atoms with van der Waals surface area (Å²) in [6.45, 7) is 3.26. The fourth-order valence-corrected chi connectivity index (χ4v) is 5.01. The van der Waals surface area contributed by atoms with Crippen molar-refractivity contribution < 1.29 is 19.1 Å². The third kappa shape index (κ3) is 4.49. The Morgan fingerprint density at radius 3 is 2.50 bits per heavy atom. The number of benzene rings is 2. The summed E-state index contributed by atoms with van der Waals surface area (Å²) >= 11 is 3.18. The van der Waals surface area contributed by atoms with Crippen molar-refractivity contribution >= 4 is 56.7 Å². The second-order valence-electron chi connectivity index (χ2n) is 7.18. The summed E-state index contributed by atoms with van der Waals surface area (Å²) in [4.78, 5) is 42.9. The summed E-state index contributed by atoms with van der Waals surface area (Å²) in [6, 6.07) is 12.3. The van der Waals surface area contributed by atoms with E-state index in [-0.39, 0.29) is 30.6 Å². The molecule has 0 saturated carbocycles. The molecule has 3 aromatic rings. The maximum atomic E-state index is 12.9. The van der Waals surface area contributed by atoms with Crippen LogP contribution >= 0.6 is 23.1 Å². The number of aromatic nitrogens is 1. The molecule has 9 heteroatoms. The summed E-state index contributed by atoms with van der Waals surface area (Å²) in [6.07, 6.45) is 2.49. The van der Waals surface area contributed by atoms with Gasteiger partial charge in [0.05, 0.1) is 22.5 Å². The van der Waals surface area contributed by atoms with Gasteiger partial charge in [0.1, 0.15) is 5.75 Å². The summed E-state index contributed by atoms with van der Waals surface area (Å²) in [7, 11) is 0. The van der Waals surface area contributed by atoms with Crippen LogP contribution in [0, 0.1) is 0 Å². The molecule has 0 radical (unpaired) electrons. The fourth-order valence-electron chi connectivity index (χ4n) is 3.56. The van der Waals surface area contributed by atoms with Crippen LogP contribution < -0.4 is 14.4 Å². The minimum absolute atomic E-state index is 0.217. The zero-order valence-corrected chi connectivity index (χ0v) is 19.5. The minimum Gasteiger partial charge on any atom is -0.494 e. The number of anilines is 1. The van der Waals surface area contributed by atoms with Gasteiger partial charge in [-0.3, -0.25) is 19.3 Å². The number of nitrogens with zero attached hydrogens (tertiary/aromatic N) is 3. The molecule has 0 bridgehead atoms. The Labute approximate surface area is 193 Å². The van der Waals surface area contributed by atoms with Crippen LogP contribution in [0.3, 0.4) is 0 Å². The van der Waals surface area contributed by atoms with E-state index < -0.39 is 0 Å². The molecule has 0 aliphatic carbocycles. The monoisotopic (exact) mass is 469 g/mol. The van der Waals surface area contributed by atoms with Gasteiger partial charge in [0.2, 0.25) is 11.8 Å². The van der Waals surface area contributed by atoms with Crippen LogP contribution in [-0.4, -0.2) is 40.9 Å². The van der Waals surface area contributed by atoms with Gasteiger partial charge in [-0.25, -0.2) is 0 Å². The smallest absolute Gasteiger partial charge is 0.279 e. The lowest BCUT2D eigenvalue weighted by Crippen LogP contribution is -2.28. The summed E-state index contributed by atoms with van der Waals surface area (Å²) in [5.41, 5.74) is 1.89. The van der Waals surface area contributed by atoms with Gasteiger partial charge in [-0.2, -0.15) is 16.8 Å². The largest absolute Gasteiger partial charge is 0.494 e. The van der Waals surface area contributed by atoms with Crippen molar-refractivity contribution in [2.75, 3.05) is 23.5 Å². The number of amides is 3. The Balaban J connectivity index is 1.67. The SMILES string of the molecule is CCOc1ccc2c(c1)sc(=NC(=O)c1ccc(N3C(=O)CCC3=O)cc1)n2CCSC. The molecule has 2 aromatic carbocycles. The lowest BCUT2D eigenvalue weighted by molar-refractivity contribution is -0.121. The first-order valence-corrected chi connectivity index (χ1v) is 12.5. The number of hydrogen-bond donors (Lipinski definition) is 0. The molecule has 7 nitrogen and oxygen atoms in total. The van der Waals surface area contributed by atoms with E-state index >= 15 is 0 Å². The Morgan fingerprint density at radius 2 is 1.84 bits per heavy atom. The average Bonchev–Trinajstić information content (AvgIpc) is 3.30. The third-order valence-electron chi connectivity index (χ3n) is 5.11. The highest BCUT2D eigenvalue weighted by Crippen LogP contribution is 2.25. The molecular formula is C23H23N3O4S2. The Hall–Kier alpha value is -2.91. The normalized spacial score (nSPS) is 14.6. The second-order valence-corrected chi connectivity index (χ2v) is 9.17. The van der Waals surface area contributed by atoms with Crippen LogP contribution in [0.5, 0.6) is 5.75 Å². The molecule has 32 heavy (non-hydrogen) atoms. The Morgan fingerprint density at radius 1 is 1.12 bits per heavy atom. The quantitative estimate of drug-likeness (QED) is 0.491.